The van der Waals surface area contributed by atoms with Gasteiger partial charge in [-0.1, -0.05) is 80.9 Å². The van der Waals surface area contributed by atoms with Crippen LogP contribution in [0.15, 0.2) is 52.5 Å². The van der Waals surface area contributed by atoms with Crippen molar-refractivity contribution in [2.24, 2.45) is 28.6 Å². The molecule has 1 N–H and O–H groups in total. The van der Waals surface area contributed by atoms with Gasteiger partial charge >= 0.3 is 0 Å². The van der Waals surface area contributed by atoms with Gasteiger partial charge in [-0.2, -0.15) is 15.3 Å². The van der Waals surface area contributed by atoms with Crippen LogP contribution in [0.5, 0.6) is 0 Å². The molecule has 0 bridgehead atoms. The minimum Gasteiger partial charge on any atom is -0.523 e. The highest BCUT2D eigenvalue weighted by Crippen LogP contribution is 2.59. The number of nitrogens with zero attached hydrogens (tertiary/aromatic N) is 9. The van der Waals surface area contributed by atoms with Crippen molar-refractivity contribution in [1.82, 2.24) is 34.5 Å². The fraction of sp³-hybridized carbons (Fsp3) is 0.672. The number of fused-ring (bicyclic) bond motifs is 10. The number of allylic oxidation sites excluding steroid dienone is 4. The van der Waals surface area contributed by atoms with E-state index in [4.69, 9.17) is 34.3 Å². The first-order valence-corrected chi connectivity index (χ1v) is 25.3. The topological polar surface area (TPSA) is 126 Å². The Morgan fingerprint density at radius 1 is 0.643 bits per heavy atom. The standard InChI is InChI=1S/2C19H27N3O.C19H25N3O.CH4/c1-17(2,3)22-11-12-7-8-14-18(4,5)16-13(10-20-23-16)9-19(14,6)15(12)21-22;2*1-17(2,3)22-11-12-8-9-14-18(4,5)16(23)13(20-7)10-19(14,6)15(12)21-22;/h10-11,14H,7-9H2,1-6H3;11,14,23H,8-10H2,1-6H3;10-11,14H,8-9H2,1-6H3;1H4/t3*14-,19-;/m000./s1/i;;;1T. The van der Waals surface area contributed by atoms with Gasteiger partial charge in [0.15, 0.2) is 5.78 Å². The summed E-state index contributed by atoms with van der Waals surface area (Å²) in [7, 11) is 1.25. The van der Waals surface area contributed by atoms with E-state index in [2.05, 4.69) is 154 Å². The molecule has 0 saturated carbocycles. The minimum atomic E-state index is -0.521. The summed E-state index contributed by atoms with van der Waals surface area (Å²) in [6.45, 7) is 53.9. The Morgan fingerprint density at radius 3 is 1.53 bits per heavy atom. The van der Waals surface area contributed by atoms with Crippen molar-refractivity contribution < 1.29 is 15.8 Å². The van der Waals surface area contributed by atoms with Gasteiger partial charge in [0, 0.05) is 58.0 Å². The number of aryl methyl sites for hydroxylation is 3. The van der Waals surface area contributed by atoms with E-state index in [1.54, 1.807) is 0 Å². The van der Waals surface area contributed by atoms with Crippen LogP contribution in [0.25, 0.3) is 9.69 Å². The summed E-state index contributed by atoms with van der Waals surface area (Å²) in [6.07, 6.45) is 18.2. The van der Waals surface area contributed by atoms with Crippen LogP contribution in [0.2, 0.25) is 0 Å². The van der Waals surface area contributed by atoms with Crippen LogP contribution < -0.4 is 0 Å². The molecule has 4 heterocycles. The Kier molecular flexibility index (Phi) is 12.2. The van der Waals surface area contributed by atoms with Crippen molar-refractivity contribution >= 4 is 5.78 Å². The fourth-order valence-electron chi connectivity index (χ4n) is 14.0. The Balaban J connectivity index is 0.000000154. The molecule has 0 saturated heterocycles. The van der Waals surface area contributed by atoms with Crippen molar-refractivity contribution in [3.8, 4) is 0 Å². The van der Waals surface area contributed by atoms with E-state index in [0.29, 0.717) is 24.0 Å². The maximum atomic E-state index is 12.6. The van der Waals surface area contributed by atoms with Crippen LogP contribution in [0.1, 0.15) is 204 Å². The summed E-state index contributed by atoms with van der Waals surface area (Å²) in [4.78, 5) is 19.8. The molecule has 0 amide bonds. The third-order valence-electron chi connectivity index (χ3n) is 17.7. The molecule has 6 aliphatic carbocycles. The molecule has 4 aromatic rings. The average molecular weight is 956 g/mol. The van der Waals surface area contributed by atoms with E-state index in [-0.39, 0.29) is 66.8 Å². The highest BCUT2D eigenvalue weighted by Gasteiger charge is 2.58. The van der Waals surface area contributed by atoms with E-state index < -0.39 is 5.41 Å². The van der Waals surface area contributed by atoms with Crippen molar-refractivity contribution in [2.45, 2.75) is 222 Å². The predicted molar refractivity (Wildman–Crippen MR) is 277 cm³/mol. The molecule has 6 atom stereocenters. The largest absolute Gasteiger partial charge is 0.523 e. The number of Topliss-reactive ketones (excluding diaryl/α,β-unsaturated/α-hetero) is 1. The maximum absolute atomic E-state index is 12.6. The number of carbonyl (C=O) groups is 1. The van der Waals surface area contributed by atoms with Gasteiger partial charge in [-0.25, -0.2) is 9.69 Å². The Morgan fingerprint density at radius 2 is 1.07 bits per heavy atom. The summed E-state index contributed by atoms with van der Waals surface area (Å²) in [5.74, 6) is 2.37. The smallest absolute Gasteiger partial charge is 0.226 e. The maximum Gasteiger partial charge on any atom is 0.226 e. The molecule has 0 aliphatic heterocycles. The minimum absolute atomic E-state index is 0.00202. The molecule has 0 aromatic carbocycles. The van der Waals surface area contributed by atoms with Gasteiger partial charge in [0.2, 0.25) is 11.4 Å². The number of hydrogen-bond donors (Lipinski definition) is 1. The lowest BCUT2D eigenvalue weighted by Gasteiger charge is -2.51. The molecule has 0 unspecified atom stereocenters. The second-order valence-electron chi connectivity index (χ2n) is 26.8. The third kappa shape index (κ3) is 8.02. The highest BCUT2D eigenvalue weighted by atomic mass is 16.5. The van der Waals surface area contributed by atoms with Crippen LogP contribution in [-0.4, -0.2) is 45.4 Å². The molecular weight excluding hydrogens is 871 g/mol. The summed E-state index contributed by atoms with van der Waals surface area (Å²) >= 11 is 0. The number of rotatable bonds is 0. The molecule has 6 aliphatic rings. The first-order chi connectivity index (χ1) is 32.7. The average Bonchev–Trinajstić information content (AvgIpc) is 4.10. The molecule has 70 heavy (non-hydrogen) atoms. The van der Waals surface area contributed by atoms with Crippen LogP contribution in [0.4, 0.5) is 0 Å². The summed E-state index contributed by atoms with van der Waals surface area (Å²) in [5, 5.41) is 29.6. The fourth-order valence-corrected chi connectivity index (χ4v) is 14.0. The number of carbonyl (C=O) groups excluding carboxylic acids is 1. The van der Waals surface area contributed by atoms with E-state index >= 15 is 0 Å². The predicted octanol–water partition coefficient (Wildman–Crippen LogP) is 13.1. The van der Waals surface area contributed by atoms with Crippen LogP contribution >= 0.6 is 0 Å². The van der Waals surface area contributed by atoms with Crippen molar-refractivity contribution in [1.29, 1.82) is 0 Å². The lowest BCUT2D eigenvalue weighted by Crippen LogP contribution is -2.51. The third-order valence-corrected chi connectivity index (χ3v) is 17.7. The molecular formula is C58H83N9O3. The molecule has 12 nitrogen and oxygen atoms in total. The molecule has 4 aromatic heterocycles. The Hall–Kier alpha value is -5.23. The molecule has 0 spiro atoms. The molecule has 12 heteroatoms. The van der Waals surface area contributed by atoms with E-state index in [9.17, 15) is 9.90 Å². The second kappa shape index (κ2) is 16.7. The van der Waals surface area contributed by atoms with Crippen LogP contribution in [0.3, 0.4) is 0 Å². The monoisotopic (exact) mass is 956 g/mol. The first-order valence-electron chi connectivity index (χ1n) is 26.3. The Bertz CT molecular complexity index is 2860. The molecule has 10 rings (SSSR count). The number of hydrogen-bond acceptors (Lipinski definition) is 7. The highest BCUT2D eigenvalue weighted by molar-refractivity contribution is 6.02. The van der Waals surface area contributed by atoms with E-state index in [0.717, 1.165) is 55.7 Å². The number of ketones is 1. The normalized spacial score (nSPS) is 29.0. The van der Waals surface area contributed by atoms with Gasteiger partial charge < -0.3 is 14.4 Å². The Labute approximate surface area is 420 Å². The van der Waals surface area contributed by atoms with Gasteiger partial charge in [0.1, 0.15) is 11.5 Å². The van der Waals surface area contributed by atoms with Gasteiger partial charge in [0.25, 0.3) is 0 Å². The summed E-state index contributed by atoms with van der Waals surface area (Å²) < 4.78 is 17.6. The zero-order chi connectivity index (χ0) is 53.0. The first kappa shape index (κ1) is 51.1. The summed E-state index contributed by atoms with van der Waals surface area (Å²) in [6, 6.07) is 0. The number of aliphatic hydroxyl groups is 1. The van der Waals surface area contributed by atoms with Gasteiger partial charge in [-0.05, 0) is 148 Å². The lowest BCUT2D eigenvalue weighted by molar-refractivity contribution is -0.128. The SMILES string of the molecule is CC1(C)c2oncc2C[C@]2(C)c3nn(C(C)(C)C)cc3CC[C@@H]12.[3H]C.[C-]#[N+]C1=C(O)C(C)(C)[C@@H]2CCc3cn(C(C)(C)C)nc3[C@@]2(C)C1.[C-]#[N+]C1=C[C@]2(C)c3nn(C(C)(C)C)cc3CC[C@H]2C(C)(C)C1=O. The van der Waals surface area contributed by atoms with Crippen molar-refractivity contribution in [3.05, 3.63) is 116 Å². The van der Waals surface area contributed by atoms with Crippen LogP contribution in [0, 0.1) is 41.7 Å². The summed E-state index contributed by atoms with van der Waals surface area (Å²) in [5.41, 5.74) is 8.03. The van der Waals surface area contributed by atoms with Crippen LogP contribution in [-0.2, 0) is 68.8 Å². The number of aromatic nitrogens is 7. The quantitative estimate of drug-likeness (QED) is 0.174. The van der Waals surface area contributed by atoms with E-state index in [1.807, 2.05) is 30.8 Å². The number of aliphatic hydroxyl groups excluding tert-OH is 1. The zero-order valence-corrected chi connectivity index (χ0v) is 46.1. The van der Waals surface area contributed by atoms with Crippen molar-refractivity contribution in [2.75, 3.05) is 0 Å². The zero-order valence-electron chi connectivity index (χ0n) is 47.1. The van der Waals surface area contributed by atoms with Gasteiger partial charge in [-0.15, -0.1) is 0 Å². The van der Waals surface area contributed by atoms with E-state index in [1.165, 1.54) is 41.8 Å². The molecule has 0 fully saturated rings. The van der Waals surface area contributed by atoms with Gasteiger partial charge in [0.05, 0.1) is 53.0 Å². The van der Waals surface area contributed by atoms with Gasteiger partial charge in [-0.3, -0.25) is 14.0 Å². The van der Waals surface area contributed by atoms with Crippen molar-refractivity contribution in [3.63, 3.8) is 0 Å². The molecule has 378 valence electrons. The lowest BCUT2D eigenvalue weighted by atomic mass is 9.52. The molecule has 0 radical (unpaired) electrons. The second-order valence-corrected chi connectivity index (χ2v) is 26.8.